The molecule has 0 fully saturated rings. The Labute approximate surface area is 123 Å². The molecule has 2 rings (SSSR count). The normalized spacial score (nSPS) is 9.85. The van der Waals surface area contributed by atoms with Crippen LogP contribution in [-0.2, 0) is 0 Å². The van der Waals surface area contributed by atoms with E-state index in [-0.39, 0.29) is 17.0 Å². The molecule has 0 atom stereocenters. The minimum absolute atomic E-state index is 0.0959. The third kappa shape index (κ3) is 2.95. The molecular formula is C14H9BrN2O3. The Kier molecular flexibility index (Phi) is 4.01. The largest absolute Gasteiger partial charge is 0.449 e. The summed E-state index contributed by atoms with van der Waals surface area (Å²) in [4.78, 5) is 10.5. The summed E-state index contributed by atoms with van der Waals surface area (Å²) in [5, 5.41) is 19.8. The zero-order valence-corrected chi connectivity index (χ0v) is 12.0. The molecule has 0 aliphatic carbocycles. The Morgan fingerprint density at radius 2 is 1.95 bits per heavy atom. The maximum Gasteiger partial charge on any atom is 0.312 e. The van der Waals surface area contributed by atoms with Crippen molar-refractivity contribution < 1.29 is 9.66 Å². The molecule has 6 heteroatoms. The van der Waals surface area contributed by atoms with E-state index in [9.17, 15) is 10.1 Å². The van der Waals surface area contributed by atoms with Gasteiger partial charge in [-0.3, -0.25) is 10.1 Å². The van der Waals surface area contributed by atoms with Crippen LogP contribution < -0.4 is 4.74 Å². The second-order valence-corrected chi connectivity index (χ2v) is 4.94. The highest BCUT2D eigenvalue weighted by molar-refractivity contribution is 9.10. The monoisotopic (exact) mass is 332 g/mol. The van der Waals surface area contributed by atoms with Crippen LogP contribution in [0.15, 0.2) is 40.9 Å². The van der Waals surface area contributed by atoms with Gasteiger partial charge in [-0.25, -0.2) is 0 Å². The van der Waals surface area contributed by atoms with E-state index in [2.05, 4.69) is 15.9 Å². The predicted molar refractivity (Wildman–Crippen MR) is 76.8 cm³/mol. The number of hydrogen-bond donors (Lipinski definition) is 0. The molecule has 0 unspecified atom stereocenters. The fourth-order valence-corrected chi connectivity index (χ4v) is 2.20. The van der Waals surface area contributed by atoms with Crippen LogP contribution in [0.3, 0.4) is 0 Å². The number of rotatable bonds is 3. The van der Waals surface area contributed by atoms with Crippen molar-refractivity contribution >= 4 is 21.6 Å². The van der Waals surface area contributed by atoms with Gasteiger partial charge in [-0.05, 0) is 52.7 Å². The van der Waals surface area contributed by atoms with Crippen molar-refractivity contribution in [2.45, 2.75) is 6.92 Å². The summed E-state index contributed by atoms with van der Waals surface area (Å²) in [5.74, 6) is 0.571. The van der Waals surface area contributed by atoms with Crippen LogP contribution in [0.1, 0.15) is 11.1 Å². The molecule has 0 saturated carbocycles. The summed E-state index contributed by atoms with van der Waals surface area (Å²) >= 11 is 3.35. The van der Waals surface area contributed by atoms with E-state index in [0.717, 1.165) is 5.56 Å². The van der Waals surface area contributed by atoms with E-state index < -0.39 is 4.92 Å². The number of ether oxygens (including phenoxy) is 1. The Bertz CT molecular complexity index is 723. The molecule has 0 bridgehead atoms. The molecule has 0 aliphatic heterocycles. The van der Waals surface area contributed by atoms with Gasteiger partial charge in [0.15, 0.2) is 0 Å². The lowest BCUT2D eigenvalue weighted by molar-refractivity contribution is -0.385. The molecule has 0 aromatic heterocycles. The van der Waals surface area contributed by atoms with Crippen LogP contribution >= 0.6 is 15.9 Å². The molecule has 0 heterocycles. The van der Waals surface area contributed by atoms with Crippen molar-refractivity contribution in [3.05, 3.63) is 62.1 Å². The third-order valence-electron chi connectivity index (χ3n) is 2.59. The molecule has 0 amide bonds. The fraction of sp³-hybridized carbons (Fsp3) is 0.0714. The van der Waals surface area contributed by atoms with Crippen molar-refractivity contribution in [1.82, 2.24) is 0 Å². The third-order valence-corrected chi connectivity index (χ3v) is 3.21. The Hall–Kier alpha value is -2.39. The second kappa shape index (κ2) is 5.72. The first-order valence-electron chi connectivity index (χ1n) is 5.64. The van der Waals surface area contributed by atoms with Crippen molar-refractivity contribution in [3.8, 4) is 17.6 Å². The average molecular weight is 333 g/mol. The summed E-state index contributed by atoms with van der Waals surface area (Å²) in [7, 11) is 0. The predicted octanol–water partition coefficient (Wildman–Crippen LogP) is 4.33. The lowest BCUT2D eigenvalue weighted by Gasteiger charge is -2.08. The molecule has 0 N–H and O–H groups in total. The summed E-state index contributed by atoms with van der Waals surface area (Å²) in [6, 6.07) is 11.4. The van der Waals surface area contributed by atoms with Gasteiger partial charge >= 0.3 is 5.69 Å². The van der Waals surface area contributed by atoms with Crippen LogP contribution in [0, 0.1) is 28.4 Å². The first kappa shape index (κ1) is 14.0. The van der Waals surface area contributed by atoms with E-state index >= 15 is 0 Å². The van der Waals surface area contributed by atoms with Gasteiger partial charge in [-0.1, -0.05) is 6.07 Å². The van der Waals surface area contributed by atoms with Gasteiger partial charge in [-0.15, -0.1) is 0 Å². The van der Waals surface area contributed by atoms with Crippen molar-refractivity contribution in [2.24, 2.45) is 0 Å². The molecule has 0 saturated heterocycles. The van der Waals surface area contributed by atoms with E-state index in [4.69, 9.17) is 10.00 Å². The molecule has 0 aliphatic rings. The quantitative estimate of drug-likeness (QED) is 0.619. The molecular weight excluding hydrogens is 324 g/mol. The SMILES string of the molecule is Cc1ccc(Oc2ccc(C#N)cc2[N+](=O)[O-])c(Br)c1. The summed E-state index contributed by atoms with van der Waals surface area (Å²) in [5.41, 5.74) is 1.02. The number of hydrogen-bond acceptors (Lipinski definition) is 4. The lowest BCUT2D eigenvalue weighted by atomic mass is 10.2. The lowest BCUT2D eigenvalue weighted by Crippen LogP contribution is -1.95. The summed E-state index contributed by atoms with van der Waals surface area (Å²) in [6.45, 7) is 1.93. The van der Waals surface area contributed by atoms with E-state index in [1.807, 2.05) is 25.1 Å². The molecule has 5 nitrogen and oxygen atoms in total. The topological polar surface area (TPSA) is 76.2 Å². The highest BCUT2D eigenvalue weighted by Crippen LogP contribution is 2.35. The van der Waals surface area contributed by atoms with E-state index in [0.29, 0.717) is 10.2 Å². The number of aryl methyl sites for hydroxylation is 1. The molecule has 2 aromatic rings. The maximum absolute atomic E-state index is 11.0. The Morgan fingerprint density at radius 1 is 1.25 bits per heavy atom. The van der Waals surface area contributed by atoms with Gasteiger partial charge in [0.2, 0.25) is 5.75 Å². The van der Waals surface area contributed by atoms with Crippen molar-refractivity contribution in [3.63, 3.8) is 0 Å². The van der Waals surface area contributed by atoms with Crippen molar-refractivity contribution in [2.75, 3.05) is 0 Å². The zero-order valence-electron chi connectivity index (χ0n) is 10.5. The molecule has 100 valence electrons. The van der Waals surface area contributed by atoms with Gasteiger partial charge in [0.25, 0.3) is 0 Å². The van der Waals surface area contributed by atoms with Crippen LogP contribution in [0.25, 0.3) is 0 Å². The zero-order chi connectivity index (χ0) is 14.7. The first-order valence-corrected chi connectivity index (χ1v) is 6.43. The summed E-state index contributed by atoms with van der Waals surface area (Å²) < 4.78 is 6.26. The van der Waals surface area contributed by atoms with E-state index in [1.54, 1.807) is 6.07 Å². The smallest absolute Gasteiger partial charge is 0.312 e. The molecule has 0 spiro atoms. The Balaban J connectivity index is 2.43. The molecule has 2 aromatic carbocycles. The fourth-order valence-electron chi connectivity index (χ4n) is 1.62. The molecule has 0 radical (unpaired) electrons. The van der Waals surface area contributed by atoms with Crippen LogP contribution in [0.5, 0.6) is 11.5 Å². The van der Waals surface area contributed by atoms with Gasteiger partial charge in [0.1, 0.15) is 5.75 Å². The van der Waals surface area contributed by atoms with Crippen LogP contribution in [-0.4, -0.2) is 4.92 Å². The van der Waals surface area contributed by atoms with Crippen LogP contribution in [0.4, 0.5) is 5.69 Å². The van der Waals surface area contributed by atoms with Gasteiger partial charge in [0, 0.05) is 6.07 Å². The summed E-state index contributed by atoms with van der Waals surface area (Å²) in [6.07, 6.45) is 0. The van der Waals surface area contributed by atoms with Crippen molar-refractivity contribution in [1.29, 1.82) is 5.26 Å². The second-order valence-electron chi connectivity index (χ2n) is 4.09. The number of halogens is 1. The van der Waals surface area contributed by atoms with Gasteiger partial charge in [-0.2, -0.15) is 5.26 Å². The first-order chi connectivity index (χ1) is 9.51. The minimum atomic E-state index is -0.571. The average Bonchev–Trinajstić information content (AvgIpc) is 2.42. The highest BCUT2D eigenvalue weighted by atomic mass is 79.9. The minimum Gasteiger partial charge on any atom is -0.449 e. The van der Waals surface area contributed by atoms with Gasteiger partial charge < -0.3 is 4.74 Å². The van der Waals surface area contributed by atoms with Crippen LogP contribution in [0.2, 0.25) is 0 Å². The number of nitrogens with zero attached hydrogens (tertiary/aromatic N) is 2. The standard InChI is InChI=1S/C14H9BrN2O3/c1-9-2-4-13(11(15)6-9)20-14-5-3-10(8-16)7-12(14)17(18)19/h2-7H,1H3. The maximum atomic E-state index is 11.0. The Morgan fingerprint density at radius 3 is 2.55 bits per heavy atom. The molecule has 20 heavy (non-hydrogen) atoms. The number of nitriles is 1. The highest BCUT2D eigenvalue weighted by Gasteiger charge is 2.17. The number of nitro groups is 1. The van der Waals surface area contributed by atoms with Gasteiger partial charge in [0.05, 0.1) is 21.0 Å². The number of benzene rings is 2. The van der Waals surface area contributed by atoms with E-state index in [1.165, 1.54) is 18.2 Å². The number of nitro benzene ring substituents is 1.